The molecule has 0 radical (unpaired) electrons. The van der Waals surface area contributed by atoms with Crippen molar-refractivity contribution in [1.29, 1.82) is 0 Å². The van der Waals surface area contributed by atoms with Crippen LogP contribution in [0.3, 0.4) is 0 Å². The van der Waals surface area contributed by atoms with Gasteiger partial charge in [0.25, 0.3) is 0 Å². The summed E-state index contributed by atoms with van der Waals surface area (Å²) in [6.07, 6.45) is 0.583. The van der Waals surface area contributed by atoms with Crippen LogP contribution in [0.4, 0.5) is 0 Å². The molecule has 0 fully saturated rings. The monoisotopic (exact) mass is 216 g/mol. The first-order chi connectivity index (χ1) is 7.33. The van der Waals surface area contributed by atoms with E-state index in [0.717, 1.165) is 22.3 Å². The van der Waals surface area contributed by atoms with E-state index in [2.05, 4.69) is 13.2 Å². The van der Waals surface area contributed by atoms with Gasteiger partial charge in [0.15, 0.2) is 0 Å². The van der Waals surface area contributed by atoms with Gasteiger partial charge >= 0.3 is 0 Å². The van der Waals surface area contributed by atoms with E-state index in [1.807, 2.05) is 45.0 Å². The molecule has 1 heteroatoms. The third-order valence-corrected chi connectivity index (χ3v) is 2.65. The van der Waals surface area contributed by atoms with Crippen molar-refractivity contribution in [2.75, 3.05) is 0 Å². The fourth-order valence-corrected chi connectivity index (χ4v) is 1.80. The lowest BCUT2D eigenvalue weighted by molar-refractivity contribution is 0.0578. The summed E-state index contributed by atoms with van der Waals surface area (Å²) < 4.78 is 0. The number of benzene rings is 1. The molecule has 1 atom stereocenters. The van der Waals surface area contributed by atoms with Crippen LogP contribution in [0.1, 0.15) is 38.3 Å². The highest BCUT2D eigenvalue weighted by Gasteiger charge is 2.22. The predicted molar refractivity (Wildman–Crippen MR) is 70.2 cm³/mol. The minimum Gasteiger partial charge on any atom is -0.385 e. The average molecular weight is 216 g/mol. The summed E-state index contributed by atoms with van der Waals surface area (Å²) >= 11 is 0. The van der Waals surface area contributed by atoms with Crippen LogP contribution in [0.2, 0.25) is 0 Å². The molecule has 16 heavy (non-hydrogen) atoms. The highest BCUT2D eigenvalue weighted by Crippen LogP contribution is 2.28. The van der Waals surface area contributed by atoms with E-state index >= 15 is 0 Å². The Labute approximate surface area is 98.1 Å². The molecule has 0 aromatic heterocycles. The molecule has 0 amide bonds. The molecule has 1 N–H and O–H groups in total. The lowest BCUT2D eigenvalue weighted by Gasteiger charge is -2.24. The lowest BCUT2D eigenvalue weighted by atomic mass is 9.89. The van der Waals surface area contributed by atoms with Gasteiger partial charge < -0.3 is 5.11 Å². The number of hydrogen-bond donors (Lipinski definition) is 1. The van der Waals surface area contributed by atoms with Crippen molar-refractivity contribution in [2.24, 2.45) is 0 Å². The predicted octanol–water partition coefficient (Wildman–Crippen LogP) is 3.89. The van der Waals surface area contributed by atoms with Gasteiger partial charge in [-0.05, 0) is 31.9 Å². The number of allylic oxidation sites excluding steroid dienone is 1. The zero-order valence-electron chi connectivity index (χ0n) is 10.4. The van der Waals surface area contributed by atoms with Gasteiger partial charge in [-0.2, -0.15) is 0 Å². The normalized spacial score (nSPS) is 14.2. The summed E-state index contributed by atoms with van der Waals surface area (Å²) in [5.41, 5.74) is 3.20. The molecule has 1 aromatic rings. The summed E-state index contributed by atoms with van der Waals surface area (Å²) in [5.74, 6) is 0. The van der Waals surface area contributed by atoms with Crippen LogP contribution in [-0.2, 0) is 5.60 Å². The first kappa shape index (κ1) is 12.7. The fraction of sp³-hybridized carbons (Fsp3) is 0.333. The van der Waals surface area contributed by atoms with Crippen molar-refractivity contribution in [2.45, 2.75) is 32.8 Å². The molecule has 0 aliphatic rings. The smallest absolute Gasteiger partial charge is 0.0905 e. The van der Waals surface area contributed by atoms with E-state index in [1.54, 1.807) is 0 Å². The molecule has 0 aliphatic carbocycles. The van der Waals surface area contributed by atoms with Gasteiger partial charge in [-0.1, -0.05) is 42.0 Å². The van der Waals surface area contributed by atoms with E-state index in [0.29, 0.717) is 6.42 Å². The van der Waals surface area contributed by atoms with Crippen LogP contribution in [0.15, 0.2) is 43.0 Å². The Hall–Kier alpha value is -1.34. The SMILES string of the molecule is C=C(C)CC(C)(O)c1ccc(C(=C)C)cc1. The van der Waals surface area contributed by atoms with Crippen LogP contribution >= 0.6 is 0 Å². The van der Waals surface area contributed by atoms with E-state index in [1.165, 1.54) is 0 Å². The lowest BCUT2D eigenvalue weighted by Crippen LogP contribution is -2.21. The van der Waals surface area contributed by atoms with Crippen LogP contribution in [0, 0.1) is 0 Å². The summed E-state index contributed by atoms with van der Waals surface area (Å²) in [6.45, 7) is 13.4. The maximum atomic E-state index is 10.3. The molecule has 0 saturated carbocycles. The molecule has 0 aliphatic heterocycles. The molecule has 0 bridgehead atoms. The average Bonchev–Trinajstić information content (AvgIpc) is 2.16. The molecule has 86 valence electrons. The molecule has 0 saturated heterocycles. The second kappa shape index (κ2) is 4.67. The molecule has 1 rings (SSSR count). The fourth-order valence-electron chi connectivity index (χ4n) is 1.80. The van der Waals surface area contributed by atoms with Gasteiger partial charge in [0.1, 0.15) is 0 Å². The van der Waals surface area contributed by atoms with Crippen LogP contribution < -0.4 is 0 Å². The molecule has 1 aromatic carbocycles. The van der Waals surface area contributed by atoms with Crippen molar-refractivity contribution < 1.29 is 5.11 Å². The van der Waals surface area contributed by atoms with E-state index in [4.69, 9.17) is 0 Å². The van der Waals surface area contributed by atoms with Gasteiger partial charge in [0.2, 0.25) is 0 Å². The molecule has 0 heterocycles. The van der Waals surface area contributed by atoms with Crippen molar-refractivity contribution >= 4 is 5.57 Å². The van der Waals surface area contributed by atoms with Gasteiger partial charge in [-0.25, -0.2) is 0 Å². The van der Waals surface area contributed by atoms with Crippen LogP contribution in [0.5, 0.6) is 0 Å². The van der Waals surface area contributed by atoms with Gasteiger partial charge in [-0.3, -0.25) is 0 Å². The van der Waals surface area contributed by atoms with Crippen molar-refractivity contribution in [3.8, 4) is 0 Å². The molecular weight excluding hydrogens is 196 g/mol. The topological polar surface area (TPSA) is 20.2 Å². The van der Waals surface area contributed by atoms with Gasteiger partial charge in [0.05, 0.1) is 5.60 Å². The van der Waals surface area contributed by atoms with Crippen molar-refractivity contribution in [3.63, 3.8) is 0 Å². The largest absolute Gasteiger partial charge is 0.385 e. The maximum absolute atomic E-state index is 10.3. The zero-order chi connectivity index (χ0) is 12.3. The second-order valence-electron chi connectivity index (χ2n) is 4.77. The highest BCUT2D eigenvalue weighted by atomic mass is 16.3. The summed E-state index contributed by atoms with van der Waals surface area (Å²) in [7, 11) is 0. The van der Waals surface area contributed by atoms with Crippen molar-refractivity contribution in [3.05, 3.63) is 54.1 Å². The van der Waals surface area contributed by atoms with Crippen LogP contribution in [-0.4, -0.2) is 5.11 Å². The quantitative estimate of drug-likeness (QED) is 0.757. The maximum Gasteiger partial charge on any atom is 0.0905 e. The van der Waals surface area contributed by atoms with Crippen LogP contribution in [0.25, 0.3) is 5.57 Å². The Morgan fingerprint density at radius 3 is 2.06 bits per heavy atom. The number of aliphatic hydroxyl groups is 1. The Kier molecular flexibility index (Phi) is 3.71. The number of rotatable bonds is 4. The molecule has 1 unspecified atom stereocenters. The summed E-state index contributed by atoms with van der Waals surface area (Å²) in [5, 5.41) is 10.3. The van der Waals surface area contributed by atoms with E-state index < -0.39 is 5.60 Å². The molecular formula is C15H20O. The Balaban J connectivity index is 2.96. The standard InChI is InChI=1S/C15H20O/c1-11(2)10-15(5,16)14-8-6-13(7-9-14)12(3)4/h6-9,16H,1,3,10H2,2,4-5H3. The molecule has 0 spiro atoms. The number of hydrogen-bond acceptors (Lipinski definition) is 1. The third-order valence-electron chi connectivity index (χ3n) is 2.65. The molecule has 1 nitrogen and oxygen atoms in total. The zero-order valence-corrected chi connectivity index (χ0v) is 10.4. The highest BCUT2D eigenvalue weighted by molar-refractivity contribution is 5.61. The Bertz CT molecular complexity index is 396. The first-order valence-corrected chi connectivity index (χ1v) is 5.46. The van der Waals surface area contributed by atoms with E-state index in [-0.39, 0.29) is 0 Å². The van der Waals surface area contributed by atoms with Crippen molar-refractivity contribution in [1.82, 2.24) is 0 Å². The Morgan fingerprint density at radius 1 is 1.19 bits per heavy atom. The van der Waals surface area contributed by atoms with Gasteiger partial charge in [-0.15, -0.1) is 6.58 Å². The summed E-state index contributed by atoms with van der Waals surface area (Å²) in [6, 6.07) is 7.88. The first-order valence-electron chi connectivity index (χ1n) is 5.46. The van der Waals surface area contributed by atoms with E-state index in [9.17, 15) is 5.11 Å². The minimum atomic E-state index is -0.834. The summed E-state index contributed by atoms with van der Waals surface area (Å²) in [4.78, 5) is 0. The minimum absolute atomic E-state index is 0.583. The third kappa shape index (κ3) is 3.07. The Morgan fingerprint density at radius 2 is 1.69 bits per heavy atom. The second-order valence-corrected chi connectivity index (χ2v) is 4.77. The van der Waals surface area contributed by atoms with Gasteiger partial charge in [0, 0.05) is 6.42 Å².